The van der Waals surface area contributed by atoms with Gasteiger partial charge in [0, 0.05) is 17.6 Å². The van der Waals surface area contributed by atoms with Crippen LogP contribution in [0.1, 0.15) is 61.1 Å². The Hall–Kier alpha value is -2.62. The van der Waals surface area contributed by atoms with Gasteiger partial charge in [-0.15, -0.1) is 0 Å². The van der Waals surface area contributed by atoms with E-state index < -0.39 is 6.04 Å². The van der Waals surface area contributed by atoms with Crippen LogP contribution in [-0.2, 0) is 11.2 Å². The zero-order valence-corrected chi connectivity index (χ0v) is 16.3. The van der Waals surface area contributed by atoms with E-state index in [1.165, 1.54) is 5.56 Å². The average Bonchev–Trinajstić information content (AvgIpc) is 3.00. The summed E-state index contributed by atoms with van der Waals surface area (Å²) in [5.74, 6) is -0.135. The van der Waals surface area contributed by atoms with E-state index >= 15 is 0 Å². The lowest BCUT2D eigenvalue weighted by atomic mass is 10.0. The largest absolute Gasteiger partial charge is 0.352 e. The molecule has 1 heterocycles. The zero-order valence-electron chi connectivity index (χ0n) is 16.3. The second-order valence-corrected chi connectivity index (χ2v) is 7.39. The Bertz CT molecular complexity index is 803. The molecule has 3 unspecified atom stereocenters. The fourth-order valence-corrected chi connectivity index (χ4v) is 3.64. The molecular formula is C23H28N2O2. The van der Waals surface area contributed by atoms with Gasteiger partial charge in [0.25, 0.3) is 5.91 Å². The van der Waals surface area contributed by atoms with Crippen molar-refractivity contribution in [3.8, 4) is 0 Å². The van der Waals surface area contributed by atoms with Gasteiger partial charge in [-0.1, -0.05) is 55.5 Å². The molecule has 0 saturated carbocycles. The minimum Gasteiger partial charge on any atom is -0.352 e. The van der Waals surface area contributed by atoms with Crippen LogP contribution in [0.15, 0.2) is 54.6 Å². The second kappa shape index (κ2) is 8.38. The van der Waals surface area contributed by atoms with Crippen LogP contribution in [0.4, 0.5) is 0 Å². The van der Waals surface area contributed by atoms with E-state index in [4.69, 9.17) is 0 Å². The summed E-state index contributed by atoms with van der Waals surface area (Å²) in [6, 6.07) is 17.2. The van der Waals surface area contributed by atoms with E-state index in [2.05, 4.69) is 17.4 Å². The van der Waals surface area contributed by atoms with Crippen molar-refractivity contribution < 1.29 is 9.59 Å². The second-order valence-electron chi connectivity index (χ2n) is 7.39. The van der Waals surface area contributed by atoms with Crippen LogP contribution in [0.25, 0.3) is 0 Å². The van der Waals surface area contributed by atoms with Crippen LogP contribution in [0.3, 0.4) is 0 Å². The molecule has 142 valence electrons. The maximum atomic E-state index is 13.1. The van der Waals surface area contributed by atoms with Crippen molar-refractivity contribution in [2.45, 2.75) is 58.2 Å². The van der Waals surface area contributed by atoms with Gasteiger partial charge >= 0.3 is 0 Å². The third-order valence-corrected chi connectivity index (χ3v) is 5.42. The number of benzene rings is 2. The quantitative estimate of drug-likeness (QED) is 0.803. The third kappa shape index (κ3) is 4.05. The van der Waals surface area contributed by atoms with E-state index in [-0.39, 0.29) is 23.9 Å². The fraction of sp³-hybridized carbons (Fsp3) is 0.391. The van der Waals surface area contributed by atoms with Crippen molar-refractivity contribution in [2.75, 3.05) is 0 Å². The summed E-state index contributed by atoms with van der Waals surface area (Å²) in [5.41, 5.74) is 2.71. The van der Waals surface area contributed by atoms with Crippen molar-refractivity contribution >= 4 is 11.8 Å². The van der Waals surface area contributed by atoms with Gasteiger partial charge in [0.1, 0.15) is 6.04 Å². The number of hydrogen-bond donors (Lipinski definition) is 1. The first-order chi connectivity index (χ1) is 13.0. The van der Waals surface area contributed by atoms with Gasteiger partial charge in [0.05, 0.1) is 0 Å². The number of nitrogens with zero attached hydrogens (tertiary/aromatic N) is 1. The SMILES string of the molecule is CCC(C)NC(=O)C1c2ccccc2C(=O)N1C(C)CCc1ccccc1. The number of fused-ring (bicyclic) bond motifs is 1. The molecule has 3 atom stereocenters. The predicted molar refractivity (Wildman–Crippen MR) is 107 cm³/mol. The summed E-state index contributed by atoms with van der Waals surface area (Å²) in [4.78, 5) is 27.8. The van der Waals surface area contributed by atoms with Crippen molar-refractivity contribution in [2.24, 2.45) is 0 Å². The van der Waals surface area contributed by atoms with Crippen LogP contribution >= 0.6 is 0 Å². The van der Waals surface area contributed by atoms with Gasteiger partial charge < -0.3 is 10.2 Å². The summed E-state index contributed by atoms with van der Waals surface area (Å²) in [7, 11) is 0. The van der Waals surface area contributed by atoms with Crippen molar-refractivity contribution in [1.29, 1.82) is 0 Å². The highest BCUT2D eigenvalue weighted by Gasteiger charge is 2.43. The molecule has 2 aromatic rings. The number of carbonyl (C=O) groups excluding carboxylic acids is 2. The average molecular weight is 364 g/mol. The molecule has 0 spiro atoms. The Kier molecular flexibility index (Phi) is 5.94. The normalized spacial score (nSPS) is 18.1. The van der Waals surface area contributed by atoms with Gasteiger partial charge in [-0.3, -0.25) is 9.59 Å². The maximum absolute atomic E-state index is 13.1. The van der Waals surface area contributed by atoms with Gasteiger partial charge in [-0.25, -0.2) is 0 Å². The molecule has 1 aliphatic heterocycles. The topological polar surface area (TPSA) is 49.4 Å². The summed E-state index contributed by atoms with van der Waals surface area (Å²) < 4.78 is 0. The van der Waals surface area contributed by atoms with Crippen LogP contribution in [0, 0.1) is 0 Å². The number of nitrogens with one attached hydrogen (secondary N) is 1. The lowest BCUT2D eigenvalue weighted by molar-refractivity contribution is -0.126. The molecule has 0 aromatic heterocycles. The molecule has 4 heteroatoms. The lowest BCUT2D eigenvalue weighted by Crippen LogP contribution is -2.45. The summed E-state index contributed by atoms with van der Waals surface area (Å²) in [5, 5.41) is 3.06. The van der Waals surface area contributed by atoms with E-state index in [1.807, 2.05) is 63.2 Å². The standard InChI is InChI=1S/C23H28N2O2/c1-4-16(2)24-22(26)21-19-12-8-9-13-20(19)23(27)25(21)17(3)14-15-18-10-6-5-7-11-18/h5-13,16-17,21H,4,14-15H2,1-3H3,(H,24,26). The molecule has 2 aromatic carbocycles. The highest BCUT2D eigenvalue weighted by molar-refractivity contribution is 6.04. The Labute approximate surface area is 161 Å². The van der Waals surface area contributed by atoms with Gasteiger partial charge in [-0.05, 0) is 50.3 Å². The third-order valence-electron chi connectivity index (χ3n) is 5.42. The summed E-state index contributed by atoms with van der Waals surface area (Å²) in [6.45, 7) is 6.07. The van der Waals surface area contributed by atoms with E-state index in [1.54, 1.807) is 4.90 Å². The molecule has 1 aliphatic rings. The molecule has 1 N–H and O–H groups in total. The number of carbonyl (C=O) groups is 2. The summed E-state index contributed by atoms with van der Waals surface area (Å²) in [6.07, 6.45) is 2.55. The molecule has 3 rings (SSSR count). The first-order valence-corrected chi connectivity index (χ1v) is 9.78. The Morgan fingerprint density at radius 3 is 2.44 bits per heavy atom. The van der Waals surface area contributed by atoms with Crippen LogP contribution in [-0.4, -0.2) is 28.8 Å². The first-order valence-electron chi connectivity index (χ1n) is 9.78. The predicted octanol–water partition coefficient (Wildman–Crippen LogP) is 4.12. The fourth-order valence-electron chi connectivity index (χ4n) is 3.64. The number of aryl methyl sites for hydroxylation is 1. The van der Waals surface area contributed by atoms with E-state index in [9.17, 15) is 9.59 Å². The smallest absolute Gasteiger partial charge is 0.255 e. The van der Waals surface area contributed by atoms with Crippen LogP contribution in [0.5, 0.6) is 0 Å². The Morgan fingerprint density at radius 2 is 1.74 bits per heavy atom. The Morgan fingerprint density at radius 1 is 1.07 bits per heavy atom. The van der Waals surface area contributed by atoms with Gasteiger partial charge in [0.15, 0.2) is 0 Å². The molecule has 0 aliphatic carbocycles. The minimum atomic E-state index is -0.548. The van der Waals surface area contributed by atoms with Crippen molar-refractivity contribution in [3.05, 3.63) is 71.3 Å². The zero-order chi connectivity index (χ0) is 19.4. The highest BCUT2D eigenvalue weighted by Crippen LogP contribution is 2.36. The molecule has 0 fully saturated rings. The van der Waals surface area contributed by atoms with E-state index in [0.29, 0.717) is 5.56 Å². The summed E-state index contributed by atoms with van der Waals surface area (Å²) >= 11 is 0. The number of amides is 2. The van der Waals surface area contributed by atoms with Crippen molar-refractivity contribution in [3.63, 3.8) is 0 Å². The van der Waals surface area contributed by atoms with Gasteiger partial charge in [0.2, 0.25) is 5.91 Å². The minimum absolute atomic E-state index is 0.0298. The molecule has 2 amide bonds. The van der Waals surface area contributed by atoms with Crippen molar-refractivity contribution in [1.82, 2.24) is 10.2 Å². The molecule has 27 heavy (non-hydrogen) atoms. The Balaban J connectivity index is 1.82. The number of rotatable bonds is 7. The molecule has 0 saturated heterocycles. The lowest BCUT2D eigenvalue weighted by Gasteiger charge is -2.31. The molecule has 0 radical (unpaired) electrons. The molecular weight excluding hydrogens is 336 g/mol. The van der Waals surface area contributed by atoms with Crippen LogP contribution in [0.2, 0.25) is 0 Å². The highest BCUT2D eigenvalue weighted by atomic mass is 16.2. The van der Waals surface area contributed by atoms with Crippen LogP contribution < -0.4 is 5.32 Å². The molecule has 4 nitrogen and oxygen atoms in total. The van der Waals surface area contributed by atoms with E-state index in [0.717, 1.165) is 24.8 Å². The first kappa shape index (κ1) is 19.2. The monoisotopic (exact) mass is 364 g/mol. The number of hydrogen-bond acceptors (Lipinski definition) is 2. The maximum Gasteiger partial charge on any atom is 0.255 e. The molecule has 0 bridgehead atoms. The van der Waals surface area contributed by atoms with Gasteiger partial charge in [-0.2, -0.15) is 0 Å².